The minimum absolute atomic E-state index is 0.316. The first-order chi connectivity index (χ1) is 17.2. The molecule has 2 heterocycles. The van der Waals surface area contributed by atoms with Crippen LogP contribution in [-0.4, -0.2) is 47.8 Å². The van der Waals surface area contributed by atoms with E-state index in [1.54, 1.807) is 6.07 Å². The number of hydrogen-bond donors (Lipinski definition) is 2. The van der Waals surface area contributed by atoms with Crippen LogP contribution >= 0.6 is 0 Å². The van der Waals surface area contributed by atoms with Crippen molar-refractivity contribution >= 4 is 34.4 Å². The lowest BCUT2D eigenvalue weighted by molar-refractivity contribution is -0.274. The molecule has 1 amide bonds. The number of pyridine rings is 1. The van der Waals surface area contributed by atoms with Gasteiger partial charge >= 0.3 is 6.36 Å². The molecule has 1 aromatic heterocycles. The molecule has 0 radical (unpaired) electrons. The summed E-state index contributed by atoms with van der Waals surface area (Å²) in [5.74, 6) is 0.171. The third-order valence-corrected chi connectivity index (χ3v) is 6.25. The lowest BCUT2D eigenvalue weighted by atomic mass is 10.1. The number of rotatable bonds is 8. The molecule has 3 aromatic rings. The fourth-order valence-corrected chi connectivity index (χ4v) is 4.46. The maximum atomic E-state index is 12.4. The van der Waals surface area contributed by atoms with E-state index in [0.29, 0.717) is 17.3 Å². The van der Waals surface area contributed by atoms with Gasteiger partial charge in [-0.1, -0.05) is 19.1 Å². The lowest BCUT2D eigenvalue weighted by Gasteiger charge is -2.23. The minimum atomic E-state index is -4.74. The Morgan fingerprint density at radius 2 is 1.97 bits per heavy atom. The summed E-state index contributed by atoms with van der Waals surface area (Å²) in [6, 6.07) is 13.4. The molecular weight excluding hydrogens is 469 g/mol. The van der Waals surface area contributed by atoms with Crippen molar-refractivity contribution in [1.29, 1.82) is 0 Å². The molecule has 1 atom stereocenters. The summed E-state index contributed by atoms with van der Waals surface area (Å²) >= 11 is 0. The van der Waals surface area contributed by atoms with Gasteiger partial charge in [0.15, 0.2) is 0 Å². The Hall–Kier alpha value is -3.59. The molecule has 4 rings (SSSR count). The van der Waals surface area contributed by atoms with Crippen LogP contribution in [-0.2, 0) is 4.79 Å². The molecule has 2 N–H and O–H groups in total. The molecule has 2 aromatic carbocycles. The first kappa shape index (κ1) is 25.5. The van der Waals surface area contributed by atoms with Crippen LogP contribution in [0.2, 0.25) is 0 Å². The van der Waals surface area contributed by atoms with E-state index in [4.69, 9.17) is 4.98 Å². The highest BCUT2D eigenvalue weighted by molar-refractivity contribution is 6.03. The quantitative estimate of drug-likeness (QED) is 0.374. The second-order valence-corrected chi connectivity index (χ2v) is 8.80. The van der Waals surface area contributed by atoms with Crippen LogP contribution in [0.25, 0.3) is 17.0 Å². The van der Waals surface area contributed by atoms with E-state index in [1.165, 1.54) is 49.3 Å². The number of aryl methyl sites for hydroxylation is 1. The van der Waals surface area contributed by atoms with Crippen molar-refractivity contribution in [2.24, 2.45) is 0 Å². The maximum absolute atomic E-state index is 12.4. The van der Waals surface area contributed by atoms with Gasteiger partial charge in [0.1, 0.15) is 11.6 Å². The highest BCUT2D eigenvalue weighted by atomic mass is 19.4. The minimum Gasteiger partial charge on any atom is -0.406 e. The molecule has 9 heteroatoms. The number of fused-ring (bicyclic) bond motifs is 1. The van der Waals surface area contributed by atoms with Gasteiger partial charge in [-0.15, -0.1) is 13.2 Å². The Kier molecular flexibility index (Phi) is 7.79. The molecule has 1 saturated heterocycles. The highest BCUT2D eigenvalue weighted by Gasteiger charge is 2.30. The van der Waals surface area contributed by atoms with Crippen LogP contribution in [0.3, 0.4) is 0 Å². The van der Waals surface area contributed by atoms with Crippen LogP contribution in [0.1, 0.15) is 30.9 Å². The number of likely N-dealkylation sites (tertiary alicyclic amines) is 1. The molecule has 190 valence electrons. The van der Waals surface area contributed by atoms with Crippen molar-refractivity contribution in [3.63, 3.8) is 0 Å². The predicted octanol–water partition coefficient (Wildman–Crippen LogP) is 5.99. The second-order valence-electron chi connectivity index (χ2n) is 8.80. The van der Waals surface area contributed by atoms with E-state index in [2.05, 4.69) is 27.2 Å². The first-order valence-electron chi connectivity index (χ1n) is 11.9. The molecule has 0 bridgehead atoms. The number of hydrogen-bond acceptors (Lipinski definition) is 5. The molecule has 1 unspecified atom stereocenters. The van der Waals surface area contributed by atoms with Gasteiger partial charge in [-0.3, -0.25) is 9.69 Å². The number of halogens is 3. The van der Waals surface area contributed by atoms with Gasteiger partial charge in [-0.2, -0.15) is 0 Å². The summed E-state index contributed by atoms with van der Waals surface area (Å²) in [6.07, 6.45) is 0.530. The number of carbonyl (C=O) groups is 1. The third-order valence-electron chi connectivity index (χ3n) is 6.25. The molecule has 0 saturated carbocycles. The fraction of sp³-hybridized carbons (Fsp3) is 0.333. The maximum Gasteiger partial charge on any atom is 0.573 e. The smallest absolute Gasteiger partial charge is 0.406 e. The average Bonchev–Trinajstić information content (AvgIpc) is 3.29. The number of likely N-dealkylation sites (N-methyl/N-ethyl adjacent to an activating group) is 1. The Bertz CT molecular complexity index is 1240. The van der Waals surface area contributed by atoms with Crippen LogP contribution in [0.4, 0.5) is 24.7 Å². The summed E-state index contributed by atoms with van der Waals surface area (Å²) in [4.78, 5) is 19.6. The monoisotopic (exact) mass is 498 g/mol. The number of benzene rings is 2. The van der Waals surface area contributed by atoms with E-state index in [0.717, 1.165) is 41.9 Å². The van der Waals surface area contributed by atoms with Gasteiger partial charge in [0.25, 0.3) is 0 Å². The predicted molar refractivity (Wildman–Crippen MR) is 136 cm³/mol. The number of alkyl halides is 3. The van der Waals surface area contributed by atoms with Gasteiger partial charge in [0, 0.05) is 29.7 Å². The molecule has 1 aliphatic rings. The molecule has 0 aliphatic carbocycles. The van der Waals surface area contributed by atoms with Crippen molar-refractivity contribution in [2.45, 2.75) is 39.1 Å². The number of carbonyl (C=O) groups excluding carboxylic acids is 1. The molecule has 1 fully saturated rings. The van der Waals surface area contributed by atoms with E-state index < -0.39 is 6.36 Å². The summed E-state index contributed by atoms with van der Waals surface area (Å²) in [6.45, 7) is 7.28. The molecule has 1 aliphatic heterocycles. The number of ether oxygens (including phenoxy) is 1. The van der Waals surface area contributed by atoms with Crippen LogP contribution in [0.15, 0.2) is 54.6 Å². The number of anilines is 2. The van der Waals surface area contributed by atoms with Gasteiger partial charge in [0.05, 0.1) is 5.52 Å². The largest absolute Gasteiger partial charge is 0.573 e. The summed E-state index contributed by atoms with van der Waals surface area (Å²) in [5.41, 5.74) is 3.08. The number of aromatic nitrogens is 1. The summed E-state index contributed by atoms with van der Waals surface area (Å²) in [7, 11) is 0. The molecule has 36 heavy (non-hydrogen) atoms. The Balaban J connectivity index is 1.37. The Morgan fingerprint density at radius 1 is 1.19 bits per heavy atom. The molecule has 0 spiro atoms. The van der Waals surface area contributed by atoms with E-state index >= 15 is 0 Å². The summed E-state index contributed by atoms with van der Waals surface area (Å²) in [5, 5.41) is 7.24. The Morgan fingerprint density at radius 3 is 2.69 bits per heavy atom. The number of nitrogens with zero attached hydrogens (tertiary/aromatic N) is 2. The molecule has 6 nitrogen and oxygen atoms in total. The van der Waals surface area contributed by atoms with Crippen molar-refractivity contribution in [3.05, 3.63) is 65.7 Å². The zero-order chi connectivity index (χ0) is 25.7. The number of amides is 1. The van der Waals surface area contributed by atoms with Crippen LogP contribution < -0.4 is 15.4 Å². The van der Waals surface area contributed by atoms with Crippen molar-refractivity contribution in [3.8, 4) is 5.75 Å². The third kappa shape index (κ3) is 6.75. The standard InChI is InChI=1S/C27H29F3N4O2/c1-3-34-14-4-5-21(34)17-31-25-15-18(2)23-16-20(9-12-24(23)33-25)32-26(35)13-8-19-6-10-22(11-7-19)36-27(28,29)30/h6-13,15-16,21H,3-5,14,17H2,1-2H3,(H,31,33)(H,32,35). The van der Waals surface area contributed by atoms with Crippen molar-refractivity contribution in [2.75, 3.05) is 30.3 Å². The van der Waals surface area contributed by atoms with Crippen molar-refractivity contribution < 1.29 is 22.7 Å². The SMILES string of the molecule is CCN1CCCC1CNc1cc(C)c2cc(NC(=O)C=Cc3ccc(OC(F)(F)F)cc3)ccc2n1. The van der Waals surface area contributed by atoms with Gasteiger partial charge in [0.2, 0.25) is 5.91 Å². The zero-order valence-electron chi connectivity index (χ0n) is 20.2. The van der Waals surface area contributed by atoms with Gasteiger partial charge < -0.3 is 15.4 Å². The van der Waals surface area contributed by atoms with Crippen molar-refractivity contribution in [1.82, 2.24) is 9.88 Å². The van der Waals surface area contributed by atoms with Crippen LogP contribution in [0, 0.1) is 6.92 Å². The second kappa shape index (κ2) is 11.0. The topological polar surface area (TPSA) is 66.5 Å². The zero-order valence-corrected chi connectivity index (χ0v) is 20.2. The molecular formula is C27H29F3N4O2. The van der Waals surface area contributed by atoms with E-state index in [-0.39, 0.29) is 11.7 Å². The van der Waals surface area contributed by atoms with E-state index in [9.17, 15) is 18.0 Å². The van der Waals surface area contributed by atoms with Gasteiger partial charge in [-0.25, -0.2) is 4.98 Å². The number of nitrogens with one attached hydrogen (secondary N) is 2. The highest BCUT2D eigenvalue weighted by Crippen LogP contribution is 2.25. The normalized spacial score (nSPS) is 16.5. The van der Waals surface area contributed by atoms with Crippen LogP contribution in [0.5, 0.6) is 5.75 Å². The fourth-order valence-electron chi connectivity index (χ4n) is 4.46. The van der Waals surface area contributed by atoms with E-state index in [1.807, 2.05) is 25.1 Å². The average molecular weight is 499 g/mol. The summed E-state index contributed by atoms with van der Waals surface area (Å²) < 4.78 is 40.6. The first-order valence-corrected chi connectivity index (χ1v) is 11.9. The van der Waals surface area contributed by atoms with Gasteiger partial charge in [-0.05, 0) is 86.5 Å². The Labute approximate surface area is 208 Å². The lowest BCUT2D eigenvalue weighted by Crippen LogP contribution is -2.34.